The Morgan fingerprint density at radius 2 is 1.12 bits per heavy atom. The average Bonchev–Trinajstić information content (AvgIpc) is 2.82. The topological polar surface area (TPSA) is 72.5 Å². The molecule has 0 aromatic heterocycles. The number of rotatable bonds is 14. The van der Waals surface area contributed by atoms with Gasteiger partial charge >= 0.3 is 6.16 Å². The number of para-hydroxylation sites is 2. The molecule has 34 heavy (non-hydrogen) atoms. The first-order chi connectivity index (χ1) is 16.4. The standard InChI is InChI=1S/C27H38O7/c1-7-29-15-17-31-21(5)23-13-9-11-19(3)25(23)33-27(28)34-26-20(4)12-10-14-24(26)22(6)32-18-16-30-8-2/h9-14,21-22H,7-8,15-18H2,1-6H3. The molecule has 0 N–H and O–H groups in total. The Morgan fingerprint density at radius 1 is 0.706 bits per heavy atom. The lowest BCUT2D eigenvalue weighted by atomic mass is 10.1. The summed E-state index contributed by atoms with van der Waals surface area (Å²) in [5.74, 6) is 0.875. The van der Waals surface area contributed by atoms with E-state index in [0.717, 1.165) is 22.3 Å². The lowest BCUT2D eigenvalue weighted by molar-refractivity contribution is 0.0131. The second-order valence-corrected chi connectivity index (χ2v) is 7.86. The molecule has 188 valence electrons. The summed E-state index contributed by atoms with van der Waals surface area (Å²) >= 11 is 0. The number of carbonyl (C=O) groups is 1. The maximum Gasteiger partial charge on any atom is 0.519 e. The Balaban J connectivity index is 2.13. The summed E-state index contributed by atoms with van der Waals surface area (Å²) in [6, 6.07) is 11.3. The van der Waals surface area contributed by atoms with Crippen molar-refractivity contribution >= 4 is 6.16 Å². The van der Waals surface area contributed by atoms with Gasteiger partial charge < -0.3 is 28.4 Å². The summed E-state index contributed by atoms with van der Waals surface area (Å²) in [5, 5.41) is 0. The third-order valence-electron chi connectivity index (χ3n) is 5.33. The van der Waals surface area contributed by atoms with Gasteiger partial charge in [-0.15, -0.1) is 0 Å². The molecule has 0 amide bonds. The second kappa shape index (κ2) is 14.7. The first-order valence-corrected chi connectivity index (χ1v) is 11.9. The maximum atomic E-state index is 12.9. The van der Waals surface area contributed by atoms with Crippen molar-refractivity contribution in [3.8, 4) is 11.5 Å². The number of benzene rings is 2. The van der Waals surface area contributed by atoms with Crippen molar-refractivity contribution in [2.45, 2.75) is 53.8 Å². The Labute approximate surface area is 203 Å². The fraction of sp³-hybridized carbons (Fsp3) is 0.519. The highest BCUT2D eigenvalue weighted by Gasteiger charge is 2.21. The summed E-state index contributed by atoms with van der Waals surface area (Å²) in [5.41, 5.74) is 3.16. The van der Waals surface area contributed by atoms with Crippen molar-refractivity contribution in [3.05, 3.63) is 58.7 Å². The van der Waals surface area contributed by atoms with Crippen molar-refractivity contribution in [2.24, 2.45) is 0 Å². The highest BCUT2D eigenvalue weighted by atomic mass is 16.7. The van der Waals surface area contributed by atoms with Crippen LogP contribution in [0.15, 0.2) is 36.4 Å². The van der Waals surface area contributed by atoms with Gasteiger partial charge in [0.2, 0.25) is 0 Å². The van der Waals surface area contributed by atoms with E-state index in [4.69, 9.17) is 28.4 Å². The average molecular weight is 475 g/mol. The maximum absolute atomic E-state index is 12.9. The largest absolute Gasteiger partial charge is 0.519 e. The third-order valence-corrected chi connectivity index (χ3v) is 5.33. The van der Waals surface area contributed by atoms with E-state index in [1.165, 1.54) is 0 Å². The number of hydrogen-bond acceptors (Lipinski definition) is 7. The molecular weight excluding hydrogens is 436 g/mol. The zero-order chi connectivity index (χ0) is 24.9. The van der Waals surface area contributed by atoms with Gasteiger partial charge in [-0.25, -0.2) is 4.79 Å². The van der Waals surface area contributed by atoms with E-state index >= 15 is 0 Å². The minimum absolute atomic E-state index is 0.282. The minimum Gasteiger partial charge on any atom is -0.394 e. The molecule has 7 heteroatoms. The molecule has 2 atom stereocenters. The quantitative estimate of drug-likeness (QED) is 0.186. The van der Waals surface area contributed by atoms with Crippen LogP contribution in [0.5, 0.6) is 11.5 Å². The van der Waals surface area contributed by atoms with Crippen LogP contribution in [-0.2, 0) is 18.9 Å². The molecule has 0 aliphatic heterocycles. The van der Waals surface area contributed by atoms with Crippen molar-refractivity contribution in [1.29, 1.82) is 0 Å². The van der Waals surface area contributed by atoms with Gasteiger partial charge in [0.15, 0.2) is 0 Å². The molecule has 2 unspecified atom stereocenters. The molecule has 0 fully saturated rings. The number of hydrogen-bond donors (Lipinski definition) is 0. The van der Waals surface area contributed by atoms with E-state index in [9.17, 15) is 4.79 Å². The van der Waals surface area contributed by atoms with Crippen molar-refractivity contribution in [2.75, 3.05) is 39.6 Å². The molecule has 2 rings (SSSR count). The van der Waals surface area contributed by atoms with Crippen LogP contribution in [0.25, 0.3) is 0 Å². The number of aryl methyl sites for hydroxylation is 2. The highest BCUT2D eigenvalue weighted by Crippen LogP contribution is 2.33. The Bertz CT molecular complexity index is 825. The van der Waals surface area contributed by atoms with Crippen LogP contribution >= 0.6 is 0 Å². The SMILES string of the molecule is CCOCCOC(C)c1cccc(C)c1OC(=O)Oc1c(C)cccc1C(C)OCCOCC. The molecule has 0 aliphatic rings. The predicted molar refractivity (Wildman–Crippen MR) is 131 cm³/mol. The first-order valence-electron chi connectivity index (χ1n) is 11.9. The molecule has 2 aromatic carbocycles. The van der Waals surface area contributed by atoms with E-state index in [2.05, 4.69) is 0 Å². The summed E-state index contributed by atoms with van der Waals surface area (Å²) in [7, 11) is 0. The van der Waals surface area contributed by atoms with Gasteiger partial charge in [0.25, 0.3) is 0 Å². The zero-order valence-electron chi connectivity index (χ0n) is 21.2. The molecule has 0 spiro atoms. The highest BCUT2D eigenvalue weighted by molar-refractivity contribution is 5.69. The van der Waals surface area contributed by atoms with Crippen molar-refractivity contribution < 1.29 is 33.2 Å². The van der Waals surface area contributed by atoms with Gasteiger partial charge in [-0.2, -0.15) is 0 Å². The minimum atomic E-state index is -0.811. The summed E-state index contributed by atoms with van der Waals surface area (Å²) < 4.78 is 33.8. The van der Waals surface area contributed by atoms with Gasteiger partial charge in [-0.05, 0) is 52.7 Å². The fourth-order valence-corrected chi connectivity index (χ4v) is 3.49. The van der Waals surface area contributed by atoms with Crippen LogP contribution in [0.2, 0.25) is 0 Å². The van der Waals surface area contributed by atoms with Crippen LogP contribution in [0, 0.1) is 13.8 Å². The second-order valence-electron chi connectivity index (χ2n) is 7.86. The van der Waals surface area contributed by atoms with Gasteiger partial charge in [0.1, 0.15) is 11.5 Å². The van der Waals surface area contributed by atoms with E-state index in [1.807, 2.05) is 77.9 Å². The molecule has 0 aliphatic carbocycles. The first kappa shape index (κ1) is 27.8. The molecular formula is C27H38O7. The van der Waals surface area contributed by atoms with E-state index < -0.39 is 6.16 Å². The Morgan fingerprint density at radius 3 is 1.50 bits per heavy atom. The normalized spacial score (nSPS) is 12.9. The van der Waals surface area contributed by atoms with Gasteiger partial charge in [0, 0.05) is 24.3 Å². The third kappa shape index (κ3) is 8.40. The van der Waals surface area contributed by atoms with Gasteiger partial charge in [-0.3, -0.25) is 0 Å². The van der Waals surface area contributed by atoms with Crippen LogP contribution in [0.1, 0.15) is 62.2 Å². The lowest BCUT2D eigenvalue weighted by Crippen LogP contribution is -2.19. The lowest BCUT2D eigenvalue weighted by Gasteiger charge is -2.20. The van der Waals surface area contributed by atoms with Crippen LogP contribution < -0.4 is 9.47 Å². The molecule has 0 bridgehead atoms. The summed E-state index contributed by atoms with van der Waals surface area (Å²) in [6.45, 7) is 14.7. The van der Waals surface area contributed by atoms with E-state index in [-0.39, 0.29) is 12.2 Å². The van der Waals surface area contributed by atoms with Crippen LogP contribution in [0.3, 0.4) is 0 Å². The summed E-state index contributed by atoms with van der Waals surface area (Å²) in [4.78, 5) is 12.9. The monoisotopic (exact) mass is 474 g/mol. The molecule has 0 saturated carbocycles. The fourth-order valence-electron chi connectivity index (χ4n) is 3.49. The number of carbonyl (C=O) groups excluding carboxylic acids is 1. The predicted octanol–water partition coefficient (Wildman–Crippen LogP) is 6.11. The van der Waals surface area contributed by atoms with E-state index in [1.54, 1.807) is 0 Å². The van der Waals surface area contributed by atoms with Crippen molar-refractivity contribution in [1.82, 2.24) is 0 Å². The van der Waals surface area contributed by atoms with Crippen molar-refractivity contribution in [3.63, 3.8) is 0 Å². The number of ether oxygens (including phenoxy) is 6. The molecule has 7 nitrogen and oxygen atoms in total. The molecule has 2 aromatic rings. The van der Waals surface area contributed by atoms with Crippen LogP contribution in [-0.4, -0.2) is 45.8 Å². The molecule has 0 heterocycles. The smallest absolute Gasteiger partial charge is 0.394 e. The zero-order valence-corrected chi connectivity index (χ0v) is 21.2. The van der Waals surface area contributed by atoms with E-state index in [0.29, 0.717) is 51.1 Å². The van der Waals surface area contributed by atoms with Gasteiger partial charge in [0.05, 0.1) is 38.6 Å². The Kier molecular flexibility index (Phi) is 12.0. The summed E-state index contributed by atoms with van der Waals surface area (Å²) in [6.07, 6.45) is -1.37. The Hall–Kier alpha value is -2.45. The van der Waals surface area contributed by atoms with Gasteiger partial charge in [-0.1, -0.05) is 36.4 Å². The van der Waals surface area contributed by atoms with Crippen LogP contribution in [0.4, 0.5) is 4.79 Å². The molecule has 0 saturated heterocycles. The molecule has 0 radical (unpaired) electrons.